The SMILES string of the molecule is COCCCNc1nc(C)c(-c2nc3c(C)nccc3s2)c(N[C@@H]2C[C@H](C(C)(C)O)[C@@H](O)[C@H]2O)n1. The fourth-order valence-electron chi connectivity index (χ4n) is 4.57. The molecule has 0 aliphatic heterocycles. The Labute approximate surface area is 208 Å². The molecule has 4 rings (SSSR count). The summed E-state index contributed by atoms with van der Waals surface area (Å²) in [5.74, 6) is 0.490. The van der Waals surface area contributed by atoms with Gasteiger partial charge in [-0.15, -0.1) is 11.3 Å². The van der Waals surface area contributed by atoms with Gasteiger partial charge in [0.25, 0.3) is 0 Å². The summed E-state index contributed by atoms with van der Waals surface area (Å²) in [4.78, 5) is 18.6. The molecule has 1 aliphatic carbocycles. The van der Waals surface area contributed by atoms with Gasteiger partial charge in [-0.2, -0.15) is 4.98 Å². The number of anilines is 2. The highest BCUT2D eigenvalue weighted by Gasteiger charge is 2.48. The number of fused-ring (bicyclic) bond motifs is 1. The number of aryl methyl sites for hydroxylation is 2. The zero-order chi connectivity index (χ0) is 25.3. The van der Waals surface area contributed by atoms with Gasteiger partial charge >= 0.3 is 0 Å². The van der Waals surface area contributed by atoms with E-state index in [0.717, 1.165) is 38.6 Å². The van der Waals surface area contributed by atoms with E-state index < -0.39 is 29.8 Å². The van der Waals surface area contributed by atoms with Crippen molar-refractivity contribution in [1.82, 2.24) is 19.9 Å². The minimum atomic E-state index is -1.13. The van der Waals surface area contributed by atoms with Gasteiger partial charge in [0, 0.05) is 32.4 Å². The van der Waals surface area contributed by atoms with Gasteiger partial charge in [-0.3, -0.25) is 4.98 Å². The fraction of sp³-hybridized carbons (Fsp3) is 0.583. The second-order valence-corrected chi connectivity index (χ2v) is 10.7. The Hall–Kier alpha value is -2.44. The number of hydrogen-bond donors (Lipinski definition) is 5. The van der Waals surface area contributed by atoms with Gasteiger partial charge in [0.05, 0.1) is 39.4 Å². The summed E-state index contributed by atoms with van der Waals surface area (Å²) in [5.41, 5.74) is 2.01. The maximum atomic E-state index is 10.8. The second-order valence-electron chi connectivity index (χ2n) is 9.62. The van der Waals surface area contributed by atoms with Gasteiger partial charge in [0.15, 0.2) is 0 Å². The van der Waals surface area contributed by atoms with Crippen LogP contribution in [0, 0.1) is 19.8 Å². The van der Waals surface area contributed by atoms with Crippen LogP contribution in [-0.4, -0.2) is 79.4 Å². The lowest BCUT2D eigenvalue weighted by Gasteiger charge is -2.28. The van der Waals surface area contributed by atoms with Gasteiger partial charge in [0.2, 0.25) is 5.95 Å². The van der Waals surface area contributed by atoms with Crippen molar-refractivity contribution in [2.75, 3.05) is 30.9 Å². The first-order chi connectivity index (χ1) is 16.6. The third kappa shape index (κ3) is 5.39. The monoisotopic (exact) mass is 502 g/mol. The summed E-state index contributed by atoms with van der Waals surface area (Å²) in [6.45, 7) is 8.39. The van der Waals surface area contributed by atoms with Crippen molar-refractivity contribution in [3.05, 3.63) is 23.7 Å². The number of aliphatic hydroxyl groups excluding tert-OH is 2. The maximum absolute atomic E-state index is 10.8. The Kier molecular flexibility index (Phi) is 7.53. The number of rotatable bonds is 9. The minimum absolute atomic E-state index is 0.383. The highest BCUT2D eigenvalue weighted by atomic mass is 32.1. The van der Waals surface area contributed by atoms with E-state index in [2.05, 4.69) is 20.6 Å². The highest BCUT2D eigenvalue weighted by molar-refractivity contribution is 7.21. The molecule has 4 atom stereocenters. The van der Waals surface area contributed by atoms with E-state index in [1.807, 2.05) is 19.9 Å². The van der Waals surface area contributed by atoms with Crippen LogP contribution in [0.2, 0.25) is 0 Å². The molecule has 0 aromatic carbocycles. The molecule has 3 aromatic rings. The molecule has 1 aliphatic rings. The largest absolute Gasteiger partial charge is 0.390 e. The van der Waals surface area contributed by atoms with Crippen molar-refractivity contribution in [3.63, 3.8) is 0 Å². The number of aliphatic hydroxyl groups is 3. The molecule has 0 unspecified atom stereocenters. The molecule has 0 saturated heterocycles. The predicted octanol–water partition coefficient (Wildman–Crippen LogP) is 2.51. The Balaban J connectivity index is 1.72. The predicted molar refractivity (Wildman–Crippen MR) is 137 cm³/mol. The van der Waals surface area contributed by atoms with Crippen LogP contribution in [0.1, 0.15) is 38.1 Å². The van der Waals surface area contributed by atoms with E-state index in [4.69, 9.17) is 14.7 Å². The molecule has 0 bridgehead atoms. The minimum Gasteiger partial charge on any atom is -0.390 e. The number of nitrogens with one attached hydrogen (secondary N) is 2. The number of nitrogens with zero attached hydrogens (tertiary/aromatic N) is 4. The van der Waals surface area contributed by atoms with Gasteiger partial charge in [-0.05, 0) is 46.6 Å². The molecular formula is C24H34N6O4S. The molecule has 11 heteroatoms. The van der Waals surface area contributed by atoms with E-state index in [-0.39, 0.29) is 0 Å². The summed E-state index contributed by atoms with van der Waals surface area (Å²) in [7, 11) is 1.66. The lowest BCUT2D eigenvalue weighted by Crippen LogP contribution is -2.40. The molecule has 0 radical (unpaired) electrons. The molecule has 1 fully saturated rings. The van der Waals surface area contributed by atoms with Gasteiger partial charge < -0.3 is 30.7 Å². The van der Waals surface area contributed by atoms with Crippen molar-refractivity contribution in [2.24, 2.45) is 5.92 Å². The zero-order valence-electron chi connectivity index (χ0n) is 20.7. The van der Waals surface area contributed by atoms with Crippen molar-refractivity contribution >= 4 is 33.3 Å². The third-order valence-corrected chi connectivity index (χ3v) is 7.55. The maximum Gasteiger partial charge on any atom is 0.224 e. The van der Waals surface area contributed by atoms with E-state index in [1.165, 1.54) is 11.3 Å². The lowest BCUT2D eigenvalue weighted by atomic mass is 9.88. The van der Waals surface area contributed by atoms with Crippen LogP contribution in [0.5, 0.6) is 0 Å². The van der Waals surface area contributed by atoms with Crippen LogP contribution in [0.3, 0.4) is 0 Å². The van der Waals surface area contributed by atoms with E-state index in [0.29, 0.717) is 31.3 Å². The van der Waals surface area contributed by atoms with Gasteiger partial charge in [-0.25, -0.2) is 9.97 Å². The van der Waals surface area contributed by atoms with Crippen molar-refractivity contribution in [2.45, 2.75) is 64.4 Å². The first kappa shape index (κ1) is 25.6. The Morgan fingerprint density at radius 3 is 2.57 bits per heavy atom. The van der Waals surface area contributed by atoms with Crippen LogP contribution in [0.4, 0.5) is 11.8 Å². The molecule has 0 amide bonds. The first-order valence-corrected chi connectivity index (χ1v) is 12.6. The molecule has 5 N–H and O–H groups in total. The first-order valence-electron chi connectivity index (χ1n) is 11.8. The molecule has 1 saturated carbocycles. The molecule has 0 spiro atoms. The summed E-state index contributed by atoms with van der Waals surface area (Å²) in [5, 5.41) is 39.2. The van der Waals surface area contributed by atoms with E-state index in [1.54, 1.807) is 27.2 Å². The second kappa shape index (κ2) is 10.3. The number of hydrogen-bond acceptors (Lipinski definition) is 11. The number of methoxy groups -OCH3 is 1. The Morgan fingerprint density at radius 2 is 1.91 bits per heavy atom. The normalized spacial score (nSPS) is 22.6. The summed E-state index contributed by atoms with van der Waals surface area (Å²) in [6, 6.07) is 1.43. The summed E-state index contributed by atoms with van der Waals surface area (Å²) >= 11 is 1.53. The lowest BCUT2D eigenvalue weighted by molar-refractivity contribution is -0.0601. The topological polar surface area (TPSA) is 146 Å². The van der Waals surface area contributed by atoms with Crippen LogP contribution < -0.4 is 10.6 Å². The number of ether oxygens (including phenoxy) is 1. The summed E-state index contributed by atoms with van der Waals surface area (Å²) < 4.78 is 6.13. The smallest absolute Gasteiger partial charge is 0.224 e. The summed E-state index contributed by atoms with van der Waals surface area (Å²) in [6.07, 6.45) is 0.834. The average molecular weight is 503 g/mol. The van der Waals surface area contributed by atoms with Crippen LogP contribution >= 0.6 is 11.3 Å². The standard InChI is InChI=1S/C24H34N6O4S/c1-12-17(22-29-18-13(2)25-9-7-16(18)35-22)21(30-23(27-12)26-8-6-10-34-5)28-15-11-14(24(3,4)33)19(31)20(15)32/h7,9,14-15,19-20,31-33H,6,8,10-11H2,1-5H3,(H2,26,27,28,30)/t14-,15+,19+,20-/m0/s1. The average Bonchev–Trinajstić information content (AvgIpc) is 3.34. The van der Waals surface area contributed by atoms with Crippen molar-refractivity contribution < 1.29 is 20.1 Å². The highest BCUT2D eigenvalue weighted by Crippen LogP contribution is 2.40. The molecule has 3 aromatic heterocycles. The van der Waals surface area contributed by atoms with Crippen LogP contribution in [0.15, 0.2) is 12.3 Å². The number of aromatic nitrogens is 4. The Bertz CT molecular complexity index is 1180. The number of thiazole rings is 1. The quantitative estimate of drug-likeness (QED) is 0.277. The molecule has 190 valence electrons. The third-order valence-electron chi connectivity index (χ3n) is 6.51. The van der Waals surface area contributed by atoms with Crippen molar-refractivity contribution in [1.29, 1.82) is 0 Å². The zero-order valence-corrected chi connectivity index (χ0v) is 21.6. The van der Waals surface area contributed by atoms with Crippen LogP contribution in [-0.2, 0) is 4.74 Å². The van der Waals surface area contributed by atoms with Gasteiger partial charge in [0.1, 0.15) is 22.4 Å². The Morgan fingerprint density at radius 1 is 1.14 bits per heavy atom. The van der Waals surface area contributed by atoms with Gasteiger partial charge in [-0.1, -0.05) is 0 Å². The molecule has 3 heterocycles. The fourth-order valence-corrected chi connectivity index (χ4v) is 5.68. The van der Waals surface area contributed by atoms with Crippen LogP contribution in [0.25, 0.3) is 20.8 Å². The molecule has 35 heavy (non-hydrogen) atoms. The van der Waals surface area contributed by atoms with E-state index >= 15 is 0 Å². The molecular weight excluding hydrogens is 468 g/mol. The molecule has 10 nitrogen and oxygen atoms in total. The van der Waals surface area contributed by atoms with Crippen molar-refractivity contribution in [3.8, 4) is 10.6 Å². The number of pyridine rings is 1. The van der Waals surface area contributed by atoms with E-state index in [9.17, 15) is 15.3 Å².